The van der Waals surface area contributed by atoms with Gasteiger partial charge in [0.05, 0.1) is 72.7 Å². The molecule has 8 nitrogen and oxygen atoms in total. The van der Waals surface area contributed by atoms with Gasteiger partial charge in [-0.1, -0.05) is 51.2 Å². The summed E-state index contributed by atoms with van der Waals surface area (Å²) in [7, 11) is 0. The first-order valence-corrected chi connectivity index (χ1v) is 15.2. The summed E-state index contributed by atoms with van der Waals surface area (Å²) in [6.07, 6.45) is 12.4. The van der Waals surface area contributed by atoms with Crippen LogP contribution in [0, 0.1) is 0 Å². The minimum absolute atomic E-state index is 0.0555. The van der Waals surface area contributed by atoms with Gasteiger partial charge in [-0.05, 0) is 49.8 Å². The van der Waals surface area contributed by atoms with E-state index in [4.69, 9.17) is 37.9 Å². The van der Waals surface area contributed by atoms with E-state index in [0.29, 0.717) is 79.3 Å². The third-order valence-electron chi connectivity index (χ3n) is 6.40. The maximum atomic E-state index is 5.76. The molecule has 1 aromatic carbocycles. The van der Waals surface area contributed by atoms with E-state index < -0.39 is 0 Å². The Labute approximate surface area is 236 Å². The summed E-state index contributed by atoms with van der Waals surface area (Å²) in [5, 5.41) is 0. The van der Waals surface area contributed by atoms with Crippen molar-refractivity contribution in [2.24, 2.45) is 0 Å². The zero-order chi connectivity index (χ0) is 27.5. The molecular formula is C31H54O8. The quantitative estimate of drug-likeness (QED) is 0.130. The van der Waals surface area contributed by atoms with Crippen LogP contribution in [0.2, 0.25) is 0 Å². The van der Waals surface area contributed by atoms with Crippen LogP contribution in [0.4, 0.5) is 0 Å². The molecule has 1 atom stereocenters. The van der Waals surface area contributed by atoms with Crippen LogP contribution in [-0.2, 0) is 39.6 Å². The molecule has 1 heterocycles. The summed E-state index contributed by atoms with van der Waals surface area (Å²) in [5.41, 5.74) is 1.38. The number of ether oxygens (including phenoxy) is 8. The lowest BCUT2D eigenvalue weighted by atomic mass is 10.0. The van der Waals surface area contributed by atoms with Crippen molar-refractivity contribution in [1.29, 1.82) is 0 Å². The Balaban J connectivity index is 1.24. The van der Waals surface area contributed by atoms with Crippen molar-refractivity contribution in [2.75, 3.05) is 85.9 Å². The van der Waals surface area contributed by atoms with Gasteiger partial charge in [0.1, 0.15) is 12.4 Å². The Hall–Kier alpha value is -1.26. The lowest BCUT2D eigenvalue weighted by Gasteiger charge is -2.22. The van der Waals surface area contributed by atoms with Crippen molar-refractivity contribution in [2.45, 2.75) is 77.4 Å². The monoisotopic (exact) mass is 554 g/mol. The fourth-order valence-corrected chi connectivity index (χ4v) is 4.14. The first-order chi connectivity index (χ1) is 19.4. The van der Waals surface area contributed by atoms with E-state index >= 15 is 0 Å². The predicted molar refractivity (Wildman–Crippen MR) is 153 cm³/mol. The van der Waals surface area contributed by atoms with Gasteiger partial charge >= 0.3 is 0 Å². The number of unbranched alkanes of at least 4 members (excludes halogenated alkanes) is 5. The van der Waals surface area contributed by atoms with Crippen LogP contribution in [-0.4, -0.2) is 92.2 Å². The van der Waals surface area contributed by atoms with Crippen molar-refractivity contribution in [1.82, 2.24) is 0 Å². The third kappa shape index (κ3) is 20.3. The fraction of sp³-hybridized carbons (Fsp3) is 0.806. The number of aryl methyl sites for hydroxylation is 1. The maximum absolute atomic E-state index is 5.76. The van der Waals surface area contributed by atoms with Gasteiger partial charge in [-0.15, -0.1) is 0 Å². The first-order valence-electron chi connectivity index (χ1n) is 15.2. The van der Waals surface area contributed by atoms with E-state index in [1.54, 1.807) is 0 Å². The van der Waals surface area contributed by atoms with Gasteiger partial charge in [-0.25, -0.2) is 0 Å². The molecule has 1 unspecified atom stereocenters. The maximum Gasteiger partial charge on any atom is 0.157 e. The minimum Gasteiger partial charge on any atom is -0.491 e. The third-order valence-corrected chi connectivity index (χ3v) is 6.40. The Morgan fingerprint density at radius 2 is 1.15 bits per heavy atom. The van der Waals surface area contributed by atoms with Gasteiger partial charge in [0.15, 0.2) is 6.29 Å². The molecule has 1 aromatic rings. The number of benzene rings is 1. The zero-order valence-electron chi connectivity index (χ0n) is 24.4. The normalized spacial score (nSPS) is 15.6. The average Bonchev–Trinajstić information content (AvgIpc) is 2.97. The minimum atomic E-state index is -0.0555. The van der Waals surface area contributed by atoms with Gasteiger partial charge in [0, 0.05) is 6.61 Å². The van der Waals surface area contributed by atoms with E-state index in [9.17, 15) is 0 Å². The van der Waals surface area contributed by atoms with Crippen LogP contribution in [0.25, 0.3) is 0 Å². The van der Waals surface area contributed by atoms with Crippen molar-refractivity contribution < 1.29 is 37.9 Å². The van der Waals surface area contributed by atoms with Crippen molar-refractivity contribution >= 4 is 0 Å². The van der Waals surface area contributed by atoms with Crippen molar-refractivity contribution in [3.8, 4) is 5.75 Å². The Bertz CT molecular complexity index is 636. The Morgan fingerprint density at radius 1 is 0.615 bits per heavy atom. The molecule has 1 fully saturated rings. The van der Waals surface area contributed by atoms with Crippen molar-refractivity contribution in [3.63, 3.8) is 0 Å². The summed E-state index contributed by atoms with van der Waals surface area (Å²) >= 11 is 0. The van der Waals surface area contributed by atoms with E-state index in [0.717, 1.165) is 31.6 Å². The van der Waals surface area contributed by atoms with Crippen molar-refractivity contribution in [3.05, 3.63) is 29.8 Å². The topological polar surface area (TPSA) is 73.8 Å². The Morgan fingerprint density at radius 3 is 1.72 bits per heavy atom. The molecule has 1 aliphatic rings. The van der Waals surface area contributed by atoms with Crippen LogP contribution >= 0.6 is 0 Å². The molecule has 1 aliphatic heterocycles. The molecule has 0 N–H and O–H groups in total. The standard InChI is InChI=1S/C31H54O8/c1-2-3-4-5-6-7-10-29-12-14-30(15-13-29)37-27-25-35-23-21-33-19-17-32-18-20-34-22-24-36-26-28-39-31-11-8-9-16-38-31/h12-15,31H,2-11,16-28H2,1H3. The summed E-state index contributed by atoms with van der Waals surface area (Å²) in [4.78, 5) is 0. The molecule has 0 aliphatic carbocycles. The van der Waals surface area contributed by atoms with E-state index in [1.165, 1.54) is 50.5 Å². The molecular weight excluding hydrogens is 500 g/mol. The lowest BCUT2D eigenvalue weighted by molar-refractivity contribution is -0.169. The first kappa shape index (κ1) is 33.9. The molecule has 226 valence electrons. The molecule has 0 aromatic heterocycles. The predicted octanol–water partition coefficient (Wildman–Crippen LogP) is 5.59. The highest BCUT2D eigenvalue weighted by atomic mass is 16.7. The van der Waals surface area contributed by atoms with Gasteiger partial charge in [0.2, 0.25) is 0 Å². The molecule has 0 radical (unpaired) electrons. The van der Waals surface area contributed by atoms with Crippen LogP contribution in [0.1, 0.15) is 70.3 Å². The number of hydrogen-bond acceptors (Lipinski definition) is 8. The SMILES string of the molecule is CCCCCCCCc1ccc(OCCOCCOCCOCCOCCOCCOC2CCCCO2)cc1. The highest BCUT2D eigenvalue weighted by Crippen LogP contribution is 2.15. The lowest BCUT2D eigenvalue weighted by Crippen LogP contribution is -2.24. The van der Waals surface area contributed by atoms with Gasteiger partial charge in [-0.2, -0.15) is 0 Å². The summed E-state index contributed by atoms with van der Waals surface area (Å²) in [6.45, 7) is 9.60. The summed E-state index contributed by atoms with van der Waals surface area (Å²) in [6, 6.07) is 8.45. The molecule has 39 heavy (non-hydrogen) atoms. The molecule has 0 saturated carbocycles. The molecule has 2 rings (SSSR count). The molecule has 0 bridgehead atoms. The van der Waals surface area contributed by atoms with Gasteiger partial charge < -0.3 is 37.9 Å². The molecule has 0 spiro atoms. The summed E-state index contributed by atoms with van der Waals surface area (Å²) < 4.78 is 44.5. The van der Waals surface area contributed by atoms with Crippen LogP contribution in [0.5, 0.6) is 5.75 Å². The fourth-order valence-electron chi connectivity index (χ4n) is 4.14. The number of hydrogen-bond donors (Lipinski definition) is 0. The largest absolute Gasteiger partial charge is 0.491 e. The van der Waals surface area contributed by atoms with E-state index in [2.05, 4.69) is 31.2 Å². The highest BCUT2D eigenvalue weighted by molar-refractivity contribution is 5.27. The van der Waals surface area contributed by atoms with Gasteiger partial charge in [0.25, 0.3) is 0 Å². The molecule has 8 heteroatoms. The smallest absolute Gasteiger partial charge is 0.157 e. The second-order valence-electron chi connectivity index (χ2n) is 9.74. The summed E-state index contributed by atoms with van der Waals surface area (Å²) in [5.74, 6) is 0.894. The second-order valence-corrected chi connectivity index (χ2v) is 9.74. The van der Waals surface area contributed by atoms with Crippen LogP contribution in [0.3, 0.4) is 0 Å². The van der Waals surface area contributed by atoms with Gasteiger partial charge in [-0.3, -0.25) is 0 Å². The average molecular weight is 555 g/mol. The zero-order valence-corrected chi connectivity index (χ0v) is 24.4. The van der Waals surface area contributed by atoms with Crippen LogP contribution < -0.4 is 4.74 Å². The highest BCUT2D eigenvalue weighted by Gasteiger charge is 2.13. The Kier molecular flexibility index (Phi) is 22.4. The van der Waals surface area contributed by atoms with Crippen LogP contribution in [0.15, 0.2) is 24.3 Å². The molecule has 1 saturated heterocycles. The van der Waals surface area contributed by atoms with E-state index in [-0.39, 0.29) is 6.29 Å². The second kappa shape index (κ2) is 25.7. The number of rotatable bonds is 27. The van der Waals surface area contributed by atoms with E-state index in [1.807, 2.05) is 0 Å². The molecule has 0 amide bonds.